The van der Waals surface area contributed by atoms with Crippen molar-refractivity contribution in [1.29, 1.82) is 0 Å². The molecule has 7 heteroatoms. The maximum Gasteiger partial charge on any atom is 0.279 e. The van der Waals surface area contributed by atoms with Crippen molar-refractivity contribution in [3.8, 4) is 0 Å². The molecule has 0 aromatic carbocycles. The van der Waals surface area contributed by atoms with Crippen molar-refractivity contribution in [3.63, 3.8) is 0 Å². The maximum absolute atomic E-state index is 12.3. The van der Waals surface area contributed by atoms with E-state index in [0.717, 1.165) is 24.3 Å². The molecule has 0 amide bonds. The van der Waals surface area contributed by atoms with Crippen molar-refractivity contribution in [3.05, 3.63) is 22.4 Å². The number of hydrogen-bond donors (Lipinski definition) is 2. The van der Waals surface area contributed by atoms with E-state index in [1.165, 1.54) is 4.31 Å². The Bertz CT molecular complexity index is 486. The molecule has 0 saturated heterocycles. The Morgan fingerprint density at radius 3 is 2.62 bits per heavy atom. The molecule has 0 bridgehead atoms. The summed E-state index contributed by atoms with van der Waals surface area (Å²) in [6.45, 7) is 7.47. The van der Waals surface area contributed by atoms with E-state index in [1.807, 2.05) is 24.4 Å². The van der Waals surface area contributed by atoms with Crippen LogP contribution in [-0.4, -0.2) is 38.9 Å². The van der Waals surface area contributed by atoms with Gasteiger partial charge in [-0.25, -0.2) is 0 Å². The lowest BCUT2D eigenvalue weighted by atomic mass is 10.2. The van der Waals surface area contributed by atoms with Crippen LogP contribution in [0.25, 0.3) is 0 Å². The molecule has 0 spiro atoms. The average Bonchev–Trinajstić information content (AvgIpc) is 2.94. The largest absolute Gasteiger partial charge is 0.314 e. The van der Waals surface area contributed by atoms with Gasteiger partial charge in [-0.2, -0.15) is 17.4 Å². The first-order valence-corrected chi connectivity index (χ1v) is 9.69. The summed E-state index contributed by atoms with van der Waals surface area (Å²) in [4.78, 5) is 1.05. The summed E-state index contributed by atoms with van der Waals surface area (Å²) in [6.07, 6.45) is 1.54. The Morgan fingerprint density at radius 2 is 2.10 bits per heavy atom. The highest BCUT2D eigenvalue weighted by Gasteiger charge is 2.22. The molecule has 0 fully saturated rings. The highest BCUT2D eigenvalue weighted by Crippen LogP contribution is 2.22. The number of thiophene rings is 1. The second kappa shape index (κ2) is 8.85. The second-order valence-electron chi connectivity index (χ2n) is 5.38. The third kappa shape index (κ3) is 6.44. The summed E-state index contributed by atoms with van der Waals surface area (Å²) in [7, 11) is -1.81. The van der Waals surface area contributed by atoms with Gasteiger partial charge in [-0.05, 0) is 30.8 Å². The Kier molecular flexibility index (Phi) is 7.83. The summed E-state index contributed by atoms with van der Waals surface area (Å²) in [5.41, 5.74) is 0. The molecule has 21 heavy (non-hydrogen) atoms. The Morgan fingerprint density at radius 1 is 1.38 bits per heavy atom. The first-order valence-electron chi connectivity index (χ1n) is 7.37. The molecule has 0 aliphatic rings. The molecule has 0 saturated carbocycles. The minimum atomic E-state index is -3.44. The van der Waals surface area contributed by atoms with Gasteiger partial charge in [-0.1, -0.05) is 26.8 Å². The molecule has 5 nitrogen and oxygen atoms in total. The van der Waals surface area contributed by atoms with Crippen LogP contribution in [0.5, 0.6) is 0 Å². The fourth-order valence-corrected chi connectivity index (χ4v) is 4.05. The van der Waals surface area contributed by atoms with Crippen LogP contribution < -0.4 is 10.0 Å². The van der Waals surface area contributed by atoms with Crippen LogP contribution >= 0.6 is 11.3 Å². The summed E-state index contributed by atoms with van der Waals surface area (Å²) < 4.78 is 28.8. The van der Waals surface area contributed by atoms with Gasteiger partial charge in [0.15, 0.2) is 0 Å². The van der Waals surface area contributed by atoms with Crippen molar-refractivity contribution in [1.82, 2.24) is 14.3 Å². The van der Waals surface area contributed by atoms with E-state index in [9.17, 15) is 8.42 Å². The van der Waals surface area contributed by atoms with Gasteiger partial charge in [-0.15, -0.1) is 11.3 Å². The van der Waals surface area contributed by atoms with Gasteiger partial charge >= 0.3 is 0 Å². The van der Waals surface area contributed by atoms with Crippen molar-refractivity contribution < 1.29 is 8.42 Å². The van der Waals surface area contributed by atoms with E-state index in [0.29, 0.717) is 12.6 Å². The first-order chi connectivity index (χ1) is 9.86. The number of hydrogen-bond acceptors (Lipinski definition) is 4. The Hall–Kier alpha value is -0.470. The minimum absolute atomic E-state index is 0.147. The number of rotatable bonds is 10. The van der Waals surface area contributed by atoms with Gasteiger partial charge in [0.05, 0.1) is 6.04 Å². The molecular weight excluding hydrogens is 306 g/mol. The van der Waals surface area contributed by atoms with Gasteiger partial charge in [0.25, 0.3) is 10.2 Å². The first kappa shape index (κ1) is 18.6. The molecule has 122 valence electrons. The summed E-state index contributed by atoms with van der Waals surface area (Å²) >= 11 is 1.58. The van der Waals surface area contributed by atoms with Gasteiger partial charge in [-0.3, -0.25) is 0 Å². The molecule has 1 unspecified atom stereocenters. The maximum atomic E-state index is 12.3. The van der Waals surface area contributed by atoms with Crippen LogP contribution in [0.1, 0.15) is 44.5 Å². The van der Waals surface area contributed by atoms with Crippen molar-refractivity contribution in [2.24, 2.45) is 0 Å². The molecule has 0 radical (unpaired) electrons. The van der Waals surface area contributed by atoms with E-state index in [-0.39, 0.29) is 6.04 Å². The Balaban J connectivity index is 2.51. The van der Waals surface area contributed by atoms with E-state index < -0.39 is 10.2 Å². The molecular formula is C14H27N3O2S2. The van der Waals surface area contributed by atoms with E-state index in [1.54, 1.807) is 18.4 Å². The molecule has 1 rings (SSSR count). The lowest BCUT2D eigenvalue weighted by Crippen LogP contribution is -2.41. The average molecular weight is 334 g/mol. The summed E-state index contributed by atoms with van der Waals surface area (Å²) in [5.74, 6) is 0. The highest BCUT2D eigenvalue weighted by atomic mass is 32.2. The summed E-state index contributed by atoms with van der Waals surface area (Å²) in [5, 5.41) is 5.25. The molecule has 1 atom stereocenters. The van der Waals surface area contributed by atoms with Crippen LogP contribution in [0.15, 0.2) is 17.5 Å². The predicted octanol–water partition coefficient (Wildman–Crippen LogP) is 2.35. The van der Waals surface area contributed by atoms with Gasteiger partial charge in [0, 0.05) is 24.5 Å². The zero-order valence-electron chi connectivity index (χ0n) is 13.3. The SMILES string of the molecule is CCC(NS(=O)(=O)N(C)CCCNC(C)C)c1cccs1. The molecule has 0 aliphatic heterocycles. The molecule has 1 aromatic rings. The lowest BCUT2D eigenvalue weighted by Gasteiger charge is -2.22. The number of nitrogens with one attached hydrogen (secondary N) is 2. The third-order valence-electron chi connectivity index (χ3n) is 3.20. The fraction of sp³-hybridized carbons (Fsp3) is 0.714. The zero-order chi connectivity index (χ0) is 15.9. The summed E-state index contributed by atoms with van der Waals surface area (Å²) in [6, 6.07) is 4.19. The Labute approximate surface area is 132 Å². The van der Waals surface area contributed by atoms with Crippen LogP contribution in [0.3, 0.4) is 0 Å². The zero-order valence-corrected chi connectivity index (χ0v) is 14.9. The van der Waals surface area contributed by atoms with Crippen molar-refractivity contribution in [2.75, 3.05) is 20.1 Å². The predicted molar refractivity (Wildman–Crippen MR) is 89.8 cm³/mol. The smallest absolute Gasteiger partial charge is 0.279 e. The van der Waals surface area contributed by atoms with Crippen LogP contribution in [0.4, 0.5) is 0 Å². The van der Waals surface area contributed by atoms with E-state index in [2.05, 4.69) is 23.9 Å². The van der Waals surface area contributed by atoms with Crippen LogP contribution in [-0.2, 0) is 10.2 Å². The third-order valence-corrected chi connectivity index (χ3v) is 5.77. The quantitative estimate of drug-likeness (QED) is 0.646. The lowest BCUT2D eigenvalue weighted by molar-refractivity contribution is 0.430. The fourth-order valence-electron chi connectivity index (χ4n) is 1.91. The van der Waals surface area contributed by atoms with Gasteiger partial charge in [0.1, 0.15) is 0 Å². The topological polar surface area (TPSA) is 61.4 Å². The van der Waals surface area contributed by atoms with E-state index in [4.69, 9.17) is 0 Å². The monoisotopic (exact) mass is 333 g/mol. The van der Waals surface area contributed by atoms with Crippen LogP contribution in [0.2, 0.25) is 0 Å². The minimum Gasteiger partial charge on any atom is -0.314 e. The molecule has 2 N–H and O–H groups in total. The highest BCUT2D eigenvalue weighted by molar-refractivity contribution is 7.87. The van der Waals surface area contributed by atoms with Gasteiger partial charge < -0.3 is 5.32 Å². The molecule has 0 aliphatic carbocycles. The van der Waals surface area contributed by atoms with Crippen molar-refractivity contribution >= 4 is 21.5 Å². The van der Waals surface area contributed by atoms with Gasteiger partial charge in [0.2, 0.25) is 0 Å². The molecule has 1 heterocycles. The molecule has 1 aromatic heterocycles. The van der Waals surface area contributed by atoms with Crippen molar-refractivity contribution in [2.45, 2.75) is 45.7 Å². The normalized spacial score (nSPS) is 14.0. The number of nitrogens with zero attached hydrogens (tertiary/aromatic N) is 1. The van der Waals surface area contributed by atoms with E-state index >= 15 is 0 Å². The second-order valence-corrected chi connectivity index (χ2v) is 8.17. The standard InChI is InChI=1S/C14H27N3O2S2/c1-5-13(14-8-6-11-20-14)16-21(18,19)17(4)10-7-9-15-12(2)3/h6,8,11-13,15-16H,5,7,9-10H2,1-4H3. The van der Waals surface area contributed by atoms with Crippen LogP contribution in [0, 0.1) is 0 Å².